The van der Waals surface area contributed by atoms with Gasteiger partial charge in [-0.15, -0.1) is 0 Å². The van der Waals surface area contributed by atoms with Crippen molar-refractivity contribution in [2.24, 2.45) is 0 Å². The Balaban J connectivity index is 1.75. The van der Waals surface area contributed by atoms with Crippen molar-refractivity contribution in [1.82, 2.24) is 0 Å². The van der Waals surface area contributed by atoms with Crippen molar-refractivity contribution >= 4 is 51.2 Å². The number of carbonyl (C=O) groups is 3. The van der Waals surface area contributed by atoms with Crippen LogP contribution in [0.5, 0.6) is 11.5 Å². The maximum Gasteiger partial charge on any atom is 0.337 e. The fourth-order valence-corrected chi connectivity index (χ4v) is 4.12. The maximum atomic E-state index is 12.7. The average molecular weight is 606 g/mol. The molecule has 0 bridgehead atoms. The van der Waals surface area contributed by atoms with Crippen molar-refractivity contribution in [2.45, 2.75) is 20.8 Å². The van der Waals surface area contributed by atoms with E-state index in [0.717, 1.165) is 11.1 Å². The van der Waals surface area contributed by atoms with Crippen LogP contribution in [0.2, 0.25) is 0 Å². The van der Waals surface area contributed by atoms with Crippen molar-refractivity contribution in [3.63, 3.8) is 0 Å². The predicted molar refractivity (Wildman–Crippen MR) is 155 cm³/mol. The number of aryl methyl sites for hydroxylation is 2. The first-order valence-electron chi connectivity index (χ1n) is 12.2. The normalized spacial score (nSPS) is 10.8. The van der Waals surface area contributed by atoms with Gasteiger partial charge in [-0.3, -0.25) is 9.59 Å². The average Bonchev–Trinajstić information content (AvgIpc) is 2.93. The van der Waals surface area contributed by atoms with E-state index in [-0.39, 0.29) is 18.1 Å². The second-order valence-corrected chi connectivity index (χ2v) is 9.45. The highest BCUT2D eigenvalue weighted by molar-refractivity contribution is 9.10. The highest BCUT2D eigenvalue weighted by Gasteiger charge is 2.16. The molecule has 2 amide bonds. The van der Waals surface area contributed by atoms with Crippen LogP contribution in [0.1, 0.15) is 34.0 Å². The van der Waals surface area contributed by atoms with Gasteiger partial charge in [-0.2, -0.15) is 5.26 Å². The van der Waals surface area contributed by atoms with Crippen LogP contribution < -0.4 is 20.1 Å². The van der Waals surface area contributed by atoms with Crippen molar-refractivity contribution in [3.8, 4) is 17.6 Å². The van der Waals surface area contributed by atoms with Gasteiger partial charge in [0, 0.05) is 11.4 Å². The van der Waals surface area contributed by atoms with E-state index in [2.05, 4.69) is 31.3 Å². The summed E-state index contributed by atoms with van der Waals surface area (Å²) in [6, 6.07) is 16.9. The fraction of sp³-hybridized carbons (Fsp3) is 0.200. The number of hydrogen-bond acceptors (Lipinski definition) is 7. The van der Waals surface area contributed by atoms with Crippen LogP contribution in [0.3, 0.4) is 0 Å². The van der Waals surface area contributed by atoms with Crippen LogP contribution in [0.25, 0.3) is 6.08 Å². The number of rotatable bonds is 10. The lowest BCUT2D eigenvalue weighted by molar-refractivity contribution is -0.118. The van der Waals surface area contributed by atoms with Crippen LogP contribution >= 0.6 is 15.9 Å². The van der Waals surface area contributed by atoms with Crippen molar-refractivity contribution in [1.29, 1.82) is 5.26 Å². The summed E-state index contributed by atoms with van der Waals surface area (Å²) in [5.74, 6) is -0.836. The number of esters is 1. The van der Waals surface area contributed by atoms with E-state index in [4.69, 9.17) is 9.47 Å². The van der Waals surface area contributed by atoms with Crippen LogP contribution in [-0.2, 0) is 14.3 Å². The van der Waals surface area contributed by atoms with Gasteiger partial charge in [0.15, 0.2) is 18.1 Å². The molecule has 0 aliphatic rings. The molecule has 0 spiro atoms. The van der Waals surface area contributed by atoms with E-state index in [9.17, 15) is 19.6 Å². The van der Waals surface area contributed by atoms with Crippen LogP contribution in [-0.4, -0.2) is 38.1 Å². The molecule has 10 heteroatoms. The number of nitrogens with one attached hydrogen (secondary N) is 2. The summed E-state index contributed by atoms with van der Waals surface area (Å²) in [6.07, 6.45) is 1.40. The number of halogens is 1. The minimum absolute atomic E-state index is 0.159. The van der Waals surface area contributed by atoms with Crippen molar-refractivity contribution < 1.29 is 28.6 Å². The summed E-state index contributed by atoms with van der Waals surface area (Å²) in [5, 5.41) is 15.1. The smallest absolute Gasteiger partial charge is 0.337 e. The Bertz CT molecular complexity index is 1490. The van der Waals surface area contributed by atoms with Gasteiger partial charge < -0.3 is 24.8 Å². The molecule has 0 atom stereocenters. The van der Waals surface area contributed by atoms with Crippen LogP contribution in [0, 0.1) is 25.2 Å². The van der Waals surface area contributed by atoms with Crippen molar-refractivity contribution in [2.75, 3.05) is 31.0 Å². The number of nitriles is 1. The van der Waals surface area contributed by atoms with Crippen LogP contribution in [0.4, 0.5) is 11.4 Å². The summed E-state index contributed by atoms with van der Waals surface area (Å²) in [7, 11) is 1.28. The molecule has 9 nitrogen and oxygen atoms in total. The molecule has 3 aromatic carbocycles. The Morgan fingerprint density at radius 3 is 2.27 bits per heavy atom. The maximum absolute atomic E-state index is 12.7. The van der Waals surface area contributed by atoms with Gasteiger partial charge in [0.1, 0.15) is 11.6 Å². The van der Waals surface area contributed by atoms with Gasteiger partial charge in [0.25, 0.3) is 11.8 Å². The molecule has 0 aliphatic heterocycles. The first-order valence-corrected chi connectivity index (χ1v) is 13.0. The van der Waals surface area contributed by atoms with Crippen molar-refractivity contribution in [3.05, 3.63) is 86.9 Å². The zero-order valence-corrected chi connectivity index (χ0v) is 24.0. The number of carbonyl (C=O) groups excluding carboxylic acids is 3. The summed E-state index contributed by atoms with van der Waals surface area (Å²) >= 11 is 3.44. The molecule has 0 fully saturated rings. The molecule has 0 radical (unpaired) electrons. The molecular weight excluding hydrogens is 578 g/mol. The lowest BCUT2D eigenvalue weighted by Gasteiger charge is -2.15. The van der Waals surface area contributed by atoms with E-state index in [1.165, 1.54) is 37.5 Å². The van der Waals surface area contributed by atoms with E-state index < -0.39 is 11.9 Å². The molecule has 206 valence electrons. The molecule has 0 heterocycles. The van der Waals surface area contributed by atoms with Crippen LogP contribution in [0.15, 0.2) is 64.6 Å². The van der Waals surface area contributed by atoms with E-state index >= 15 is 0 Å². The third kappa shape index (κ3) is 7.94. The Hall–Kier alpha value is -4.62. The topological polar surface area (TPSA) is 127 Å². The minimum Gasteiger partial charge on any atom is -0.490 e. The van der Waals surface area contributed by atoms with Gasteiger partial charge in [0.2, 0.25) is 0 Å². The number of anilines is 2. The van der Waals surface area contributed by atoms with Gasteiger partial charge >= 0.3 is 5.97 Å². The lowest BCUT2D eigenvalue weighted by Crippen LogP contribution is -2.20. The molecule has 3 rings (SSSR count). The third-order valence-electron chi connectivity index (χ3n) is 5.71. The SMILES string of the molecule is CCOc1cc(/C=C(/C#N)C(=O)Nc2ccc(C(=O)OC)cc2)cc(Br)c1OCC(=O)Nc1ccc(C)c(C)c1. The molecule has 0 aliphatic carbocycles. The second kappa shape index (κ2) is 14.0. The molecule has 40 heavy (non-hydrogen) atoms. The highest BCUT2D eigenvalue weighted by atomic mass is 79.9. The molecule has 3 aromatic rings. The standard InChI is InChI=1S/C30H28BrN3O6/c1-5-39-26-15-20(13-22(16-32)29(36)34-23-10-7-21(8-11-23)30(37)38-4)14-25(31)28(26)40-17-27(35)33-24-9-6-18(2)19(3)12-24/h6-15H,5,17H2,1-4H3,(H,33,35)(H,34,36)/b22-13-. The first-order chi connectivity index (χ1) is 19.1. The number of benzene rings is 3. The van der Waals surface area contributed by atoms with Gasteiger partial charge in [-0.05, 0) is 108 Å². The van der Waals surface area contributed by atoms with E-state index in [0.29, 0.717) is 45.1 Å². The monoisotopic (exact) mass is 605 g/mol. The molecule has 0 saturated carbocycles. The van der Waals surface area contributed by atoms with Gasteiger partial charge in [0.05, 0.1) is 23.8 Å². The van der Waals surface area contributed by atoms with Gasteiger partial charge in [-0.25, -0.2) is 4.79 Å². The zero-order chi connectivity index (χ0) is 29.2. The number of hydrogen-bond donors (Lipinski definition) is 2. The predicted octanol–water partition coefficient (Wildman–Crippen LogP) is 5.81. The molecular formula is C30H28BrN3O6. The summed E-state index contributed by atoms with van der Waals surface area (Å²) in [4.78, 5) is 36.8. The highest BCUT2D eigenvalue weighted by Crippen LogP contribution is 2.37. The Labute approximate surface area is 240 Å². The number of amides is 2. The largest absolute Gasteiger partial charge is 0.490 e. The Morgan fingerprint density at radius 2 is 1.65 bits per heavy atom. The van der Waals surface area contributed by atoms with E-state index in [1.807, 2.05) is 38.1 Å². The Morgan fingerprint density at radius 1 is 0.950 bits per heavy atom. The quantitative estimate of drug-likeness (QED) is 0.169. The molecule has 0 saturated heterocycles. The molecule has 0 aromatic heterocycles. The van der Waals surface area contributed by atoms with Gasteiger partial charge in [-0.1, -0.05) is 6.07 Å². The summed E-state index contributed by atoms with van der Waals surface area (Å²) in [5.41, 5.74) is 3.92. The first kappa shape index (κ1) is 29.9. The zero-order valence-electron chi connectivity index (χ0n) is 22.5. The number of nitrogens with zero attached hydrogens (tertiary/aromatic N) is 1. The number of ether oxygens (including phenoxy) is 3. The summed E-state index contributed by atoms with van der Waals surface area (Å²) < 4.78 is 16.6. The summed E-state index contributed by atoms with van der Waals surface area (Å²) in [6.45, 7) is 5.81. The molecule has 2 N–H and O–H groups in total. The Kier molecular flexibility index (Phi) is 10.4. The fourth-order valence-electron chi connectivity index (χ4n) is 3.55. The minimum atomic E-state index is -0.634. The second-order valence-electron chi connectivity index (χ2n) is 8.59. The third-order valence-corrected chi connectivity index (χ3v) is 6.30. The lowest BCUT2D eigenvalue weighted by atomic mass is 10.1. The van der Waals surface area contributed by atoms with E-state index in [1.54, 1.807) is 19.1 Å². The molecule has 0 unspecified atom stereocenters. The number of methoxy groups -OCH3 is 1.